The minimum Gasteiger partial charge on any atom is -0.367 e. The van der Waals surface area contributed by atoms with Crippen LogP contribution in [-0.2, 0) is 11.8 Å². The highest BCUT2D eigenvalue weighted by Gasteiger charge is 2.22. The Morgan fingerprint density at radius 2 is 1.67 bits per heavy atom. The number of benzene rings is 3. The lowest BCUT2D eigenvalue weighted by Crippen LogP contribution is -2.49. The number of hydrogen-bond acceptors (Lipinski definition) is 7. The van der Waals surface area contributed by atoms with Crippen molar-refractivity contribution in [1.29, 1.82) is 0 Å². The highest BCUT2D eigenvalue weighted by molar-refractivity contribution is 7.20. The Bertz CT molecular complexity index is 2040. The van der Waals surface area contributed by atoms with Gasteiger partial charge in [-0.25, -0.2) is 0 Å². The van der Waals surface area contributed by atoms with Crippen LogP contribution in [-0.4, -0.2) is 53.5 Å². The number of aryl methyl sites for hydroxylation is 1. The summed E-state index contributed by atoms with van der Waals surface area (Å²) in [6.07, 6.45) is 3.05. The number of amides is 2. The Balaban J connectivity index is 1.27. The molecule has 1 aliphatic rings. The van der Waals surface area contributed by atoms with E-state index < -0.39 is 0 Å². The molecule has 5 aromatic rings. The molecule has 0 unspecified atom stereocenters. The minimum atomic E-state index is -0.304. The fraction of sp³-hybridized carbons (Fsp3) is 0.237. The smallest absolute Gasteiger partial charge is 0.274 e. The molecule has 1 fully saturated rings. The van der Waals surface area contributed by atoms with Crippen molar-refractivity contribution in [3.63, 3.8) is 0 Å². The lowest BCUT2D eigenvalue weighted by Gasteiger charge is -2.38. The number of carbonyl (C=O) groups excluding carboxylic acids is 2. The number of aromatic nitrogens is 1. The van der Waals surface area contributed by atoms with Gasteiger partial charge in [0.05, 0.1) is 16.3 Å². The molecule has 0 atom stereocenters. The summed E-state index contributed by atoms with van der Waals surface area (Å²) in [5.74, 6) is -0.467. The zero-order chi connectivity index (χ0) is 33.9. The van der Waals surface area contributed by atoms with Gasteiger partial charge in [0.1, 0.15) is 5.69 Å². The summed E-state index contributed by atoms with van der Waals surface area (Å²) < 4.78 is 2.61. The Morgan fingerprint density at radius 1 is 0.896 bits per heavy atom. The van der Waals surface area contributed by atoms with Crippen molar-refractivity contribution < 1.29 is 9.59 Å². The second-order valence-corrected chi connectivity index (χ2v) is 13.4. The molecule has 6 rings (SSSR count). The highest BCUT2D eigenvalue weighted by atomic mass is 32.1. The van der Waals surface area contributed by atoms with Crippen LogP contribution >= 0.6 is 11.3 Å². The number of carbonyl (C=O) groups is 2. The summed E-state index contributed by atoms with van der Waals surface area (Å²) in [4.78, 5) is 44.3. The van der Waals surface area contributed by atoms with Crippen LogP contribution in [0.5, 0.6) is 0 Å². The van der Waals surface area contributed by atoms with Gasteiger partial charge in [-0.05, 0) is 85.8 Å². The molecule has 0 saturated carbocycles. The number of anilines is 5. The van der Waals surface area contributed by atoms with Gasteiger partial charge in [0, 0.05) is 67.1 Å². The van der Waals surface area contributed by atoms with Gasteiger partial charge in [0.2, 0.25) is 5.91 Å². The van der Waals surface area contributed by atoms with Crippen molar-refractivity contribution in [2.24, 2.45) is 7.05 Å². The van der Waals surface area contributed by atoms with Crippen molar-refractivity contribution in [3.8, 4) is 11.1 Å². The number of hydrogen-bond donors (Lipinski definition) is 3. The summed E-state index contributed by atoms with van der Waals surface area (Å²) in [7, 11) is 1.72. The van der Waals surface area contributed by atoms with Gasteiger partial charge in [-0.15, -0.1) is 11.3 Å². The fourth-order valence-electron chi connectivity index (χ4n) is 6.12. The first-order chi connectivity index (χ1) is 23.1. The van der Waals surface area contributed by atoms with Gasteiger partial charge in [-0.1, -0.05) is 36.9 Å². The number of nitrogens with one attached hydrogen (secondary N) is 3. The number of fused-ring (bicyclic) bond motifs is 1. The zero-order valence-electron chi connectivity index (χ0n) is 27.7. The SMILES string of the molecule is C=CC(=O)Nc1cc(Nc2cc(-c3cccc(NC(=O)c4cc5ccccc5s4)c3C)cn(C)c2=O)ccc1N1CCN(C(C)C)CC1. The molecule has 3 N–H and O–H groups in total. The summed E-state index contributed by atoms with van der Waals surface area (Å²) in [6, 6.07) is 23.7. The Labute approximate surface area is 284 Å². The third-order valence-electron chi connectivity index (χ3n) is 8.83. The van der Waals surface area contributed by atoms with E-state index >= 15 is 0 Å². The maximum atomic E-state index is 13.3. The number of piperazine rings is 1. The Kier molecular flexibility index (Phi) is 9.47. The van der Waals surface area contributed by atoms with Crippen LogP contribution in [0.15, 0.2) is 96.4 Å². The lowest BCUT2D eigenvalue weighted by molar-refractivity contribution is -0.111. The van der Waals surface area contributed by atoms with E-state index in [9.17, 15) is 14.4 Å². The molecule has 0 aliphatic carbocycles. The van der Waals surface area contributed by atoms with Crippen LogP contribution < -0.4 is 26.4 Å². The molecule has 246 valence electrons. The van der Waals surface area contributed by atoms with E-state index in [-0.39, 0.29) is 17.4 Å². The molecular weight excluding hydrogens is 621 g/mol. The highest BCUT2D eigenvalue weighted by Crippen LogP contribution is 2.34. The van der Waals surface area contributed by atoms with E-state index in [4.69, 9.17) is 0 Å². The standard InChI is InChI=1S/C38H40N6O3S/c1-6-36(45)40-31-22-28(14-15-33(31)44-18-16-43(17-19-44)24(2)3)39-32-20-27(23-42(5)38(32)47)29-11-9-12-30(25(29)4)41-37(46)35-21-26-10-7-8-13-34(26)48-35/h6-15,20-24,39H,1,16-19H2,2-5H3,(H,40,45)(H,41,46). The van der Waals surface area contributed by atoms with Gasteiger partial charge in [0.15, 0.2) is 0 Å². The molecule has 48 heavy (non-hydrogen) atoms. The summed E-state index contributed by atoms with van der Waals surface area (Å²) >= 11 is 1.46. The summed E-state index contributed by atoms with van der Waals surface area (Å²) in [5.41, 5.74) is 5.70. The first kappa shape index (κ1) is 32.7. The van der Waals surface area contributed by atoms with Crippen LogP contribution in [0, 0.1) is 6.92 Å². The average molecular weight is 661 g/mol. The van der Waals surface area contributed by atoms with E-state index in [1.54, 1.807) is 17.8 Å². The quantitative estimate of drug-likeness (QED) is 0.144. The molecule has 0 radical (unpaired) electrons. The van der Waals surface area contributed by atoms with Crippen molar-refractivity contribution in [1.82, 2.24) is 9.47 Å². The van der Waals surface area contributed by atoms with E-state index in [0.29, 0.717) is 33.7 Å². The molecule has 3 aromatic carbocycles. The molecule has 2 aromatic heterocycles. The maximum Gasteiger partial charge on any atom is 0.274 e. The van der Waals surface area contributed by atoms with Gasteiger partial charge >= 0.3 is 0 Å². The summed E-state index contributed by atoms with van der Waals surface area (Å²) in [5, 5.41) is 10.4. The van der Waals surface area contributed by atoms with Gasteiger partial charge in [0.25, 0.3) is 11.5 Å². The van der Waals surface area contributed by atoms with Crippen molar-refractivity contribution in [2.45, 2.75) is 26.8 Å². The van der Waals surface area contributed by atoms with Crippen LogP contribution in [0.4, 0.5) is 28.4 Å². The third kappa shape index (κ3) is 6.90. The van der Waals surface area contributed by atoms with E-state index in [1.807, 2.05) is 79.7 Å². The fourth-order valence-corrected chi connectivity index (χ4v) is 7.08. The second kappa shape index (κ2) is 13.9. The van der Waals surface area contributed by atoms with Gasteiger partial charge in [-0.3, -0.25) is 19.3 Å². The van der Waals surface area contributed by atoms with Gasteiger partial charge in [-0.2, -0.15) is 0 Å². The second-order valence-electron chi connectivity index (χ2n) is 12.3. The number of pyridine rings is 1. The average Bonchev–Trinajstić information content (AvgIpc) is 3.53. The number of nitrogens with zero attached hydrogens (tertiary/aromatic N) is 3. The Morgan fingerprint density at radius 3 is 2.40 bits per heavy atom. The van der Waals surface area contributed by atoms with E-state index in [2.05, 4.69) is 46.2 Å². The topological polar surface area (TPSA) is 98.7 Å². The van der Waals surface area contributed by atoms with Crippen molar-refractivity contribution >= 4 is 61.7 Å². The van der Waals surface area contributed by atoms with E-state index in [1.165, 1.54) is 17.4 Å². The molecule has 0 bridgehead atoms. The molecular formula is C38H40N6O3S. The van der Waals surface area contributed by atoms with Crippen molar-refractivity contribution in [3.05, 3.63) is 112 Å². The normalized spacial score (nSPS) is 13.5. The molecule has 9 nitrogen and oxygen atoms in total. The monoisotopic (exact) mass is 660 g/mol. The minimum absolute atomic E-state index is 0.163. The summed E-state index contributed by atoms with van der Waals surface area (Å²) in [6.45, 7) is 13.5. The first-order valence-electron chi connectivity index (χ1n) is 16.1. The van der Waals surface area contributed by atoms with Gasteiger partial charge < -0.3 is 25.4 Å². The molecule has 1 saturated heterocycles. The number of rotatable bonds is 9. The maximum absolute atomic E-state index is 13.3. The zero-order valence-corrected chi connectivity index (χ0v) is 28.5. The molecule has 1 aliphatic heterocycles. The van der Waals surface area contributed by atoms with Crippen LogP contribution in [0.2, 0.25) is 0 Å². The first-order valence-corrected chi connectivity index (χ1v) is 16.9. The predicted molar refractivity (Wildman–Crippen MR) is 199 cm³/mol. The number of thiophene rings is 1. The van der Waals surface area contributed by atoms with Crippen molar-refractivity contribution in [2.75, 3.05) is 47.0 Å². The largest absolute Gasteiger partial charge is 0.367 e. The third-order valence-corrected chi connectivity index (χ3v) is 9.94. The Hall–Kier alpha value is -5.19. The van der Waals surface area contributed by atoms with Crippen LogP contribution in [0.3, 0.4) is 0 Å². The molecule has 10 heteroatoms. The lowest BCUT2D eigenvalue weighted by atomic mass is 10.00. The van der Waals surface area contributed by atoms with Crippen LogP contribution in [0.1, 0.15) is 29.1 Å². The molecule has 2 amide bonds. The predicted octanol–water partition coefficient (Wildman–Crippen LogP) is 7.23. The molecule has 0 spiro atoms. The van der Waals surface area contributed by atoms with E-state index in [0.717, 1.165) is 58.6 Å². The molecule has 3 heterocycles. The van der Waals surface area contributed by atoms with Crippen LogP contribution in [0.25, 0.3) is 21.2 Å².